The number of hydrogen-bond donors (Lipinski definition) is 1. The summed E-state index contributed by atoms with van der Waals surface area (Å²) in [6.07, 6.45) is 1.80. The van der Waals surface area contributed by atoms with Crippen molar-refractivity contribution in [3.05, 3.63) is 65.9 Å². The first-order valence-corrected chi connectivity index (χ1v) is 10.8. The lowest BCUT2D eigenvalue weighted by atomic mass is 9.83. The second kappa shape index (κ2) is 6.74. The SMILES string of the molecule is CC(Sc1n[nH]c2nc3ccccc3n12)C(=O)/C=C1\N(C)c2ccccc2C1(C)C. The van der Waals surface area contributed by atoms with Gasteiger partial charge in [-0.05, 0) is 30.7 Å². The van der Waals surface area contributed by atoms with Gasteiger partial charge in [0, 0.05) is 29.9 Å². The summed E-state index contributed by atoms with van der Waals surface area (Å²) in [5, 5.41) is 7.82. The van der Waals surface area contributed by atoms with Crippen molar-refractivity contribution in [2.45, 2.75) is 36.6 Å². The van der Waals surface area contributed by atoms with E-state index in [2.05, 4.69) is 52.1 Å². The number of anilines is 1. The third kappa shape index (κ3) is 2.76. The van der Waals surface area contributed by atoms with Crippen molar-refractivity contribution >= 4 is 40.0 Å². The zero-order valence-corrected chi connectivity index (χ0v) is 18.2. The van der Waals surface area contributed by atoms with Crippen LogP contribution in [0, 0.1) is 0 Å². The normalized spacial score (nSPS) is 17.7. The number of nitrogens with one attached hydrogen (secondary N) is 1. The number of para-hydroxylation sites is 3. The van der Waals surface area contributed by atoms with E-state index in [9.17, 15) is 4.79 Å². The van der Waals surface area contributed by atoms with Gasteiger partial charge in [-0.3, -0.25) is 9.20 Å². The maximum absolute atomic E-state index is 13.2. The first kappa shape index (κ1) is 18.9. The zero-order chi connectivity index (χ0) is 21.0. The molecule has 152 valence electrons. The second-order valence-corrected chi connectivity index (χ2v) is 9.47. The Hall–Kier alpha value is -3.06. The van der Waals surface area contributed by atoms with Gasteiger partial charge in [0.25, 0.3) is 0 Å². The van der Waals surface area contributed by atoms with Gasteiger partial charge in [0.1, 0.15) is 0 Å². The minimum Gasteiger partial charge on any atom is -0.347 e. The molecule has 0 fully saturated rings. The standard InChI is InChI=1S/C23H23N5OS/c1-14(30-22-26-25-21-24-16-10-6-8-12-18(16)28(21)22)19(29)13-20-23(2,3)15-9-5-7-11-17(15)27(20)4/h5-14H,1-4H3,(H,24,25)/b20-13-. The van der Waals surface area contributed by atoms with Crippen LogP contribution in [0.15, 0.2) is 65.5 Å². The number of ketones is 1. The molecule has 7 heteroatoms. The monoisotopic (exact) mass is 417 g/mol. The predicted molar refractivity (Wildman–Crippen MR) is 121 cm³/mol. The Labute approximate surface area is 179 Å². The minimum atomic E-state index is -0.280. The molecule has 5 rings (SSSR count). The number of likely N-dealkylation sites (N-methyl/N-ethyl adjacent to an activating group) is 1. The van der Waals surface area contributed by atoms with Crippen LogP contribution in [-0.2, 0) is 10.2 Å². The number of imidazole rings is 1. The number of fused-ring (bicyclic) bond motifs is 4. The molecule has 1 aliphatic heterocycles. The zero-order valence-electron chi connectivity index (χ0n) is 17.4. The van der Waals surface area contributed by atoms with E-state index in [1.807, 2.05) is 48.7 Å². The Morgan fingerprint density at radius 3 is 2.70 bits per heavy atom. The maximum Gasteiger partial charge on any atom is 0.231 e. The van der Waals surface area contributed by atoms with Crippen molar-refractivity contribution < 1.29 is 4.79 Å². The largest absolute Gasteiger partial charge is 0.347 e. The van der Waals surface area contributed by atoms with Crippen LogP contribution in [-0.4, -0.2) is 37.7 Å². The maximum atomic E-state index is 13.2. The molecule has 0 aliphatic carbocycles. The molecule has 1 N–H and O–H groups in total. The smallest absolute Gasteiger partial charge is 0.231 e. The topological polar surface area (TPSA) is 66.3 Å². The Morgan fingerprint density at radius 1 is 1.17 bits per heavy atom. The number of allylic oxidation sites excluding steroid dienone is 2. The lowest BCUT2D eigenvalue weighted by Crippen LogP contribution is -2.25. The summed E-state index contributed by atoms with van der Waals surface area (Å²) in [4.78, 5) is 19.8. The summed E-state index contributed by atoms with van der Waals surface area (Å²) in [5.41, 5.74) is 5.08. The highest BCUT2D eigenvalue weighted by atomic mass is 32.2. The molecular weight excluding hydrogens is 394 g/mol. The number of aromatic nitrogens is 4. The van der Waals surface area contributed by atoms with Crippen LogP contribution in [0.25, 0.3) is 16.8 Å². The molecule has 2 aromatic heterocycles. The Balaban J connectivity index is 1.45. The van der Waals surface area contributed by atoms with Crippen molar-refractivity contribution in [2.24, 2.45) is 0 Å². The Bertz CT molecular complexity index is 1320. The molecular formula is C23H23N5OS. The predicted octanol–water partition coefficient (Wildman–Crippen LogP) is 4.57. The van der Waals surface area contributed by atoms with E-state index in [4.69, 9.17) is 0 Å². The fourth-order valence-corrected chi connectivity index (χ4v) is 5.14. The second-order valence-electron chi connectivity index (χ2n) is 8.16. The van der Waals surface area contributed by atoms with Crippen LogP contribution >= 0.6 is 11.8 Å². The van der Waals surface area contributed by atoms with Gasteiger partial charge in [-0.2, -0.15) is 0 Å². The van der Waals surface area contributed by atoms with E-state index < -0.39 is 0 Å². The molecule has 1 unspecified atom stereocenters. The summed E-state index contributed by atoms with van der Waals surface area (Å²) in [6.45, 7) is 6.26. The van der Waals surface area contributed by atoms with Crippen molar-refractivity contribution in [3.63, 3.8) is 0 Å². The fraction of sp³-hybridized carbons (Fsp3) is 0.261. The molecule has 1 atom stereocenters. The number of aromatic amines is 1. The number of nitrogens with zero attached hydrogens (tertiary/aromatic N) is 4. The van der Waals surface area contributed by atoms with Crippen LogP contribution in [0.4, 0.5) is 5.69 Å². The molecule has 4 aromatic rings. The molecule has 6 nitrogen and oxygen atoms in total. The number of H-pyrrole nitrogens is 1. The number of hydrogen-bond acceptors (Lipinski definition) is 5. The number of carbonyl (C=O) groups excluding carboxylic acids is 1. The van der Waals surface area contributed by atoms with Gasteiger partial charge in [0.05, 0.1) is 16.3 Å². The quantitative estimate of drug-likeness (QED) is 0.389. The van der Waals surface area contributed by atoms with Crippen molar-refractivity contribution in [1.82, 2.24) is 19.6 Å². The van der Waals surface area contributed by atoms with Crippen molar-refractivity contribution in [3.8, 4) is 0 Å². The highest BCUT2D eigenvalue weighted by Gasteiger charge is 2.38. The van der Waals surface area contributed by atoms with Crippen LogP contribution in [0.2, 0.25) is 0 Å². The van der Waals surface area contributed by atoms with Gasteiger partial charge in [-0.25, -0.2) is 10.1 Å². The summed E-state index contributed by atoms with van der Waals surface area (Å²) < 4.78 is 1.97. The van der Waals surface area contributed by atoms with Gasteiger partial charge < -0.3 is 4.90 Å². The van der Waals surface area contributed by atoms with Crippen LogP contribution in [0.5, 0.6) is 0 Å². The lowest BCUT2D eigenvalue weighted by molar-refractivity contribution is -0.114. The van der Waals surface area contributed by atoms with E-state index >= 15 is 0 Å². The van der Waals surface area contributed by atoms with Crippen LogP contribution in [0.1, 0.15) is 26.3 Å². The van der Waals surface area contributed by atoms with Gasteiger partial charge in [0.15, 0.2) is 10.9 Å². The van der Waals surface area contributed by atoms with Gasteiger partial charge in [-0.15, -0.1) is 5.10 Å². The summed E-state index contributed by atoms with van der Waals surface area (Å²) in [6, 6.07) is 16.3. The Morgan fingerprint density at radius 2 is 1.90 bits per heavy atom. The van der Waals surface area contributed by atoms with Crippen LogP contribution < -0.4 is 4.90 Å². The molecule has 3 heterocycles. The Kier molecular flexibility index (Phi) is 4.25. The van der Waals surface area contributed by atoms with E-state index in [1.165, 1.54) is 17.3 Å². The molecule has 1 aliphatic rings. The molecule has 30 heavy (non-hydrogen) atoms. The van der Waals surface area contributed by atoms with Crippen molar-refractivity contribution in [2.75, 3.05) is 11.9 Å². The molecule has 0 amide bonds. The first-order chi connectivity index (χ1) is 14.4. The van der Waals surface area contributed by atoms with E-state index in [-0.39, 0.29) is 16.4 Å². The van der Waals surface area contributed by atoms with Gasteiger partial charge in [-0.1, -0.05) is 55.9 Å². The lowest BCUT2D eigenvalue weighted by Gasteiger charge is -2.24. The highest BCUT2D eigenvalue weighted by molar-refractivity contribution is 8.00. The molecule has 0 bridgehead atoms. The molecule has 0 radical (unpaired) electrons. The summed E-state index contributed by atoms with van der Waals surface area (Å²) in [5.74, 6) is 0.757. The summed E-state index contributed by atoms with van der Waals surface area (Å²) >= 11 is 1.44. The van der Waals surface area contributed by atoms with Crippen LogP contribution in [0.3, 0.4) is 0 Å². The van der Waals surface area contributed by atoms with Crippen molar-refractivity contribution in [1.29, 1.82) is 0 Å². The molecule has 0 saturated heterocycles. The first-order valence-electron chi connectivity index (χ1n) is 9.95. The van der Waals surface area contributed by atoms with E-state index in [0.717, 1.165) is 27.6 Å². The van der Waals surface area contributed by atoms with Gasteiger partial charge in [0.2, 0.25) is 5.78 Å². The van der Waals surface area contributed by atoms with E-state index in [1.54, 1.807) is 6.08 Å². The molecule has 0 saturated carbocycles. The fourth-order valence-electron chi connectivity index (χ4n) is 4.25. The summed E-state index contributed by atoms with van der Waals surface area (Å²) in [7, 11) is 2.03. The molecule has 2 aromatic carbocycles. The number of carbonyl (C=O) groups is 1. The average Bonchev–Trinajstić information content (AvgIpc) is 3.35. The minimum absolute atomic E-state index is 0.0725. The van der Waals surface area contributed by atoms with E-state index in [0.29, 0.717) is 5.78 Å². The number of rotatable bonds is 4. The van der Waals surface area contributed by atoms with Gasteiger partial charge >= 0.3 is 0 Å². The third-order valence-corrected chi connectivity index (χ3v) is 6.98. The number of benzene rings is 2. The third-order valence-electron chi connectivity index (χ3n) is 5.91. The highest BCUT2D eigenvalue weighted by Crippen LogP contribution is 2.46. The average molecular weight is 418 g/mol. The molecule has 0 spiro atoms. The number of thioether (sulfide) groups is 1.